The van der Waals surface area contributed by atoms with Crippen LogP contribution in [0.15, 0.2) is 53.4 Å². The summed E-state index contributed by atoms with van der Waals surface area (Å²) >= 11 is 0. The van der Waals surface area contributed by atoms with E-state index in [1.165, 1.54) is 23.5 Å². The summed E-state index contributed by atoms with van der Waals surface area (Å²) in [4.78, 5) is 24.1. The molecule has 2 N–H and O–H groups in total. The lowest BCUT2D eigenvalue weighted by Crippen LogP contribution is -2.30. The van der Waals surface area contributed by atoms with Crippen molar-refractivity contribution in [1.82, 2.24) is 9.62 Å². The van der Waals surface area contributed by atoms with E-state index in [1.54, 1.807) is 50.2 Å². The molecule has 0 radical (unpaired) electrons. The molecule has 2 aromatic rings. The molecule has 2 aromatic carbocycles. The molecule has 2 amide bonds. The fraction of sp³-hybridized carbons (Fsp3) is 0.263. The number of carbonyl (C=O) groups is 2. The van der Waals surface area contributed by atoms with Gasteiger partial charge in [-0.05, 0) is 42.5 Å². The molecule has 0 aliphatic heterocycles. The maximum absolute atomic E-state index is 12.6. The Morgan fingerprint density at radius 1 is 0.926 bits per heavy atom. The Bertz CT molecular complexity index is 920. The molecule has 144 valence electrons. The number of nitrogens with one attached hydrogen (secondary N) is 2. The highest BCUT2D eigenvalue weighted by atomic mass is 32.2. The minimum Gasteiger partial charge on any atom is -0.355 e. The number of hydrogen-bond donors (Lipinski definition) is 2. The molecule has 0 spiro atoms. The molecule has 27 heavy (non-hydrogen) atoms. The molecule has 8 heteroatoms. The fourth-order valence-electron chi connectivity index (χ4n) is 2.56. The van der Waals surface area contributed by atoms with Gasteiger partial charge in [-0.1, -0.05) is 19.9 Å². The molecule has 0 aromatic heterocycles. The third-order valence-corrected chi connectivity index (χ3v) is 6.12. The Balaban J connectivity index is 2.21. The second-order valence-electron chi connectivity index (χ2n) is 5.73. The summed E-state index contributed by atoms with van der Waals surface area (Å²) in [6.07, 6.45) is 0. The predicted molar refractivity (Wildman–Crippen MR) is 104 cm³/mol. The van der Waals surface area contributed by atoms with Crippen molar-refractivity contribution < 1.29 is 18.0 Å². The first-order valence-electron chi connectivity index (χ1n) is 8.57. The Hall–Kier alpha value is -2.71. The third-order valence-electron chi connectivity index (χ3n) is 4.07. The summed E-state index contributed by atoms with van der Waals surface area (Å²) in [5.74, 6) is -0.651. The highest BCUT2D eigenvalue weighted by Crippen LogP contribution is 2.18. The van der Waals surface area contributed by atoms with Crippen LogP contribution in [0.4, 0.5) is 5.69 Å². The van der Waals surface area contributed by atoms with Crippen LogP contribution >= 0.6 is 0 Å². The van der Waals surface area contributed by atoms with Gasteiger partial charge in [-0.25, -0.2) is 8.42 Å². The highest BCUT2D eigenvalue weighted by molar-refractivity contribution is 7.89. The van der Waals surface area contributed by atoms with Crippen LogP contribution in [0.25, 0.3) is 0 Å². The molecular formula is C19H23N3O4S. The molecule has 0 atom stereocenters. The van der Waals surface area contributed by atoms with Crippen molar-refractivity contribution in [2.45, 2.75) is 18.7 Å². The van der Waals surface area contributed by atoms with Gasteiger partial charge in [0.25, 0.3) is 11.8 Å². The molecule has 0 aliphatic carbocycles. The molecule has 2 rings (SSSR count). The minimum atomic E-state index is -3.64. The lowest BCUT2D eigenvalue weighted by atomic mass is 10.1. The van der Waals surface area contributed by atoms with Gasteiger partial charge in [0, 0.05) is 37.0 Å². The summed E-state index contributed by atoms with van der Waals surface area (Å²) in [5, 5.41) is 5.22. The standard InChI is InChI=1S/C19H23N3O4S/c1-4-22(5-2)27(25,26)17-8-6-7-15(13-17)19(24)21-16-11-9-14(10-12-16)18(23)20-3/h6-13H,4-5H2,1-3H3,(H,20,23)(H,21,24). The number of carbonyl (C=O) groups excluding carboxylic acids is 2. The van der Waals surface area contributed by atoms with E-state index in [0.717, 1.165) is 0 Å². The molecule has 0 bridgehead atoms. The Morgan fingerprint density at radius 2 is 1.56 bits per heavy atom. The van der Waals surface area contributed by atoms with Crippen LogP contribution in [0, 0.1) is 0 Å². The fourth-order valence-corrected chi connectivity index (χ4v) is 4.07. The van der Waals surface area contributed by atoms with E-state index in [2.05, 4.69) is 10.6 Å². The molecule has 0 fully saturated rings. The maximum atomic E-state index is 12.6. The van der Waals surface area contributed by atoms with E-state index in [-0.39, 0.29) is 16.4 Å². The predicted octanol–water partition coefficient (Wildman–Crippen LogP) is 2.33. The summed E-state index contributed by atoms with van der Waals surface area (Å²) in [6, 6.07) is 12.3. The molecular weight excluding hydrogens is 366 g/mol. The number of anilines is 1. The third kappa shape index (κ3) is 4.72. The van der Waals surface area contributed by atoms with Crippen molar-refractivity contribution in [3.05, 3.63) is 59.7 Å². The van der Waals surface area contributed by atoms with E-state index in [0.29, 0.717) is 24.3 Å². The zero-order valence-corrected chi connectivity index (χ0v) is 16.3. The van der Waals surface area contributed by atoms with Crippen molar-refractivity contribution in [2.75, 3.05) is 25.5 Å². The monoisotopic (exact) mass is 389 g/mol. The summed E-state index contributed by atoms with van der Waals surface area (Å²) in [5.41, 5.74) is 1.21. The quantitative estimate of drug-likeness (QED) is 0.760. The number of rotatable bonds is 7. The first-order chi connectivity index (χ1) is 12.8. The Kier molecular flexibility index (Phi) is 6.70. The van der Waals surface area contributed by atoms with Gasteiger partial charge >= 0.3 is 0 Å². The van der Waals surface area contributed by atoms with Crippen molar-refractivity contribution in [3.63, 3.8) is 0 Å². The largest absolute Gasteiger partial charge is 0.355 e. The molecule has 7 nitrogen and oxygen atoms in total. The summed E-state index contributed by atoms with van der Waals surface area (Å²) in [6.45, 7) is 4.24. The average Bonchev–Trinajstić information content (AvgIpc) is 2.68. The van der Waals surface area contributed by atoms with E-state index in [9.17, 15) is 18.0 Å². The topological polar surface area (TPSA) is 95.6 Å². The minimum absolute atomic E-state index is 0.0776. The number of nitrogens with zero attached hydrogens (tertiary/aromatic N) is 1. The Labute approximate surface area is 159 Å². The van der Waals surface area contributed by atoms with Crippen LogP contribution in [-0.4, -0.2) is 44.7 Å². The van der Waals surface area contributed by atoms with Crippen molar-refractivity contribution in [2.24, 2.45) is 0 Å². The van der Waals surface area contributed by atoms with Crippen molar-refractivity contribution in [3.8, 4) is 0 Å². The van der Waals surface area contributed by atoms with Gasteiger partial charge in [0.1, 0.15) is 0 Å². The average molecular weight is 389 g/mol. The van der Waals surface area contributed by atoms with Gasteiger partial charge < -0.3 is 10.6 Å². The number of amides is 2. The van der Waals surface area contributed by atoms with Gasteiger partial charge in [0.05, 0.1) is 4.90 Å². The lowest BCUT2D eigenvalue weighted by molar-refractivity contribution is 0.0962. The smallest absolute Gasteiger partial charge is 0.255 e. The lowest BCUT2D eigenvalue weighted by Gasteiger charge is -2.18. The van der Waals surface area contributed by atoms with Gasteiger partial charge in [0.2, 0.25) is 10.0 Å². The zero-order valence-electron chi connectivity index (χ0n) is 15.5. The number of benzene rings is 2. The highest BCUT2D eigenvalue weighted by Gasteiger charge is 2.22. The second kappa shape index (κ2) is 8.79. The van der Waals surface area contributed by atoms with E-state index in [4.69, 9.17) is 0 Å². The van der Waals surface area contributed by atoms with Gasteiger partial charge in [-0.3, -0.25) is 9.59 Å². The van der Waals surface area contributed by atoms with Crippen LogP contribution in [0.2, 0.25) is 0 Å². The second-order valence-corrected chi connectivity index (χ2v) is 7.67. The Morgan fingerprint density at radius 3 is 2.11 bits per heavy atom. The van der Waals surface area contributed by atoms with Crippen LogP contribution in [0.5, 0.6) is 0 Å². The van der Waals surface area contributed by atoms with Gasteiger partial charge in [-0.15, -0.1) is 0 Å². The van der Waals surface area contributed by atoms with E-state index < -0.39 is 15.9 Å². The van der Waals surface area contributed by atoms with Crippen LogP contribution in [0.1, 0.15) is 34.6 Å². The SMILES string of the molecule is CCN(CC)S(=O)(=O)c1cccc(C(=O)Nc2ccc(C(=O)NC)cc2)c1. The molecule has 0 saturated heterocycles. The molecule has 0 unspecified atom stereocenters. The molecule has 0 saturated carbocycles. The van der Waals surface area contributed by atoms with Crippen LogP contribution < -0.4 is 10.6 Å². The zero-order chi connectivity index (χ0) is 20.0. The molecule has 0 heterocycles. The van der Waals surface area contributed by atoms with Crippen molar-refractivity contribution in [1.29, 1.82) is 0 Å². The maximum Gasteiger partial charge on any atom is 0.255 e. The summed E-state index contributed by atoms with van der Waals surface area (Å²) in [7, 11) is -2.10. The number of sulfonamides is 1. The van der Waals surface area contributed by atoms with Crippen molar-refractivity contribution >= 4 is 27.5 Å². The van der Waals surface area contributed by atoms with Crippen LogP contribution in [-0.2, 0) is 10.0 Å². The van der Waals surface area contributed by atoms with E-state index in [1.807, 2.05) is 0 Å². The first kappa shape index (κ1) is 20.6. The number of hydrogen-bond acceptors (Lipinski definition) is 4. The van der Waals surface area contributed by atoms with Crippen LogP contribution in [0.3, 0.4) is 0 Å². The molecule has 0 aliphatic rings. The first-order valence-corrected chi connectivity index (χ1v) is 10.0. The van der Waals surface area contributed by atoms with E-state index >= 15 is 0 Å². The summed E-state index contributed by atoms with van der Waals surface area (Å²) < 4.78 is 26.6. The van der Waals surface area contributed by atoms with Gasteiger partial charge in [-0.2, -0.15) is 4.31 Å². The van der Waals surface area contributed by atoms with Gasteiger partial charge in [0.15, 0.2) is 0 Å². The normalized spacial score (nSPS) is 11.3.